The Morgan fingerprint density at radius 3 is 1.58 bits per heavy atom. The van der Waals surface area contributed by atoms with Gasteiger partial charge in [-0.3, -0.25) is 0 Å². The predicted octanol–water partition coefficient (Wildman–Crippen LogP) is 14.9. The number of nitrogens with zero attached hydrogens (tertiary/aromatic N) is 3. The van der Waals surface area contributed by atoms with Crippen LogP contribution in [0.2, 0.25) is 0 Å². The van der Waals surface area contributed by atoms with Crippen LogP contribution in [0.3, 0.4) is 0 Å². The van der Waals surface area contributed by atoms with Gasteiger partial charge in [0.2, 0.25) is 0 Å². The van der Waals surface area contributed by atoms with E-state index in [-0.39, 0.29) is 0 Å². The van der Waals surface area contributed by atoms with Gasteiger partial charge < -0.3 is 0 Å². The van der Waals surface area contributed by atoms with Gasteiger partial charge in [-0.15, -0.1) is 11.3 Å². The van der Waals surface area contributed by atoms with Crippen molar-refractivity contribution in [2.45, 2.75) is 5.41 Å². The molecule has 0 saturated carbocycles. The van der Waals surface area contributed by atoms with Gasteiger partial charge in [-0.2, -0.15) is 0 Å². The molecule has 0 bridgehead atoms. The Balaban J connectivity index is 1.06. The highest BCUT2D eigenvalue weighted by molar-refractivity contribution is 7.25. The first-order valence-electron chi connectivity index (χ1n) is 21.0. The van der Waals surface area contributed by atoms with Crippen LogP contribution in [0.15, 0.2) is 224 Å². The highest BCUT2D eigenvalue weighted by Crippen LogP contribution is 2.58. The summed E-state index contributed by atoms with van der Waals surface area (Å²) in [5.74, 6) is 1.89. The number of aromatic nitrogens is 3. The lowest BCUT2D eigenvalue weighted by Crippen LogP contribution is -2.28. The molecular formula is C58H37N3S. The quantitative estimate of drug-likeness (QED) is 0.161. The van der Waals surface area contributed by atoms with E-state index < -0.39 is 5.41 Å². The van der Waals surface area contributed by atoms with E-state index in [1.54, 1.807) is 0 Å². The summed E-state index contributed by atoms with van der Waals surface area (Å²) in [6.07, 6.45) is 0. The van der Waals surface area contributed by atoms with E-state index in [0.717, 1.165) is 38.9 Å². The van der Waals surface area contributed by atoms with Crippen molar-refractivity contribution >= 4 is 31.5 Å². The molecule has 1 aliphatic rings. The lowest BCUT2D eigenvalue weighted by molar-refractivity contribution is 0.768. The fourth-order valence-corrected chi connectivity index (χ4v) is 10.7. The Morgan fingerprint density at radius 1 is 0.306 bits per heavy atom. The second-order valence-corrected chi connectivity index (χ2v) is 17.0. The van der Waals surface area contributed by atoms with Crippen LogP contribution in [0.25, 0.3) is 87.7 Å². The van der Waals surface area contributed by atoms with E-state index in [0.29, 0.717) is 17.5 Å². The van der Waals surface area contributed by atoms with E-state index >= 15 is 0 Å². The van der Waals surface area contributed by atoms with Crippen LogP contribution in [-0.4, -0.2) is 15.0 Å². The third-order valence-corrected chi connectivity index (χ3v) is 13.6. The molecule has 0 fully saturated rings. The fourth-order valence-electron chi connectivity index (χ4n) is 9.62. The molecule has 0 atom stereocenters. The van der Waals surface area contributed by atoms with Crippen molar-refractivity contribution in [2.24, 2.45) is 0 Å². The van der Waals surface area contributed by atoms with E-state index in [2.05, 4.69) is 218 Å². The Bertz CT molecular complexity index is 3410. The normalized spacial score (nSPS) is 12.6. The second-order valence-electron chi connectivity index (χ2n) is 15.9. The average Bonchev–Trinajstić information content (AvgIpc) is 3.88. The van der Waals surface area contributed by atoms with Crippen LogP contribution in [0.1, 0.15) is 22.3 Å². The Hall–Kier alpha value is -7.79. The number of thiophene rings is 1. The summed E-state index contributed by atoms with van der Waals surface area (Å²) in [6.45, 7) is 0. The van der Waals surface area contributed by atoms with Crippen molar-refractivity contribution in [3.05, 3.63) is 247 Å². The Labute approximate surface area is 364 Å². The highest BCUT2D eigenvalue weighted by Gasteiger charge is 2.47. The number of benzene rings is 9. The maximum atomic E-state index is 5.41. The third kappa shape index (κ3) is 5.83. The first kappa shape index (κ1) is 36.1. The molecule has 0 aliphatic heterocycles. The molecule has 0 N–H and O–H groups in total. The zero-order chi connectivity index (χ0) is 41.0. The number of rotatable bonds is 7. The molecule has 0 amide bonds. The van der Waals surface area contributed by atoms with Gasteiger partial charge in [0.1, 0.15) is 0 Å². The average molecular weight is 808 g/mol. The van der Waals surface area contributed by atoms with Crippen molar-refractivity contribution in [1.82, 2.24) is 15.0 Å². The number of hydrogen-bond acceptors (Lipinski definition) is 4. The van der Waals surface area contributed by atoms with Gasteiger partial charge in [0.25, 0.3) is 0 Å². The molecule has 62 heavy (non-hydrogen) atoms. The van der Waals surface area contributed by atoms with Gasteiger partial charge in [0, 0.05) is 36.9 Å². The summed E-state index contributed by atoms with van der Waals surface area (Å²) < 4.78 is 2.59. The van der Waals surface area contributed by atoms with Crippen LogP contribution >= 0.6 is 11.3 Å². The molecule has 2 heterocycles. The largest absolute Gasteiger partial charge is 0.208 e. The van der Waals surface area contributed by atoms with Crippen molar-refractivity contribution in [1.29, 1.82) is 0 Å². The topological polar surface area (TPSA) is 38.7 Å². The fraction of sp³-hybridized carbons (Fsp3) is 0.0172. The smallest absolute Gasteiger partial charge is 0.164 e. The third-order valence-electron chi connectivity index (χ3n) is 12.4. The van der Waals surface area contributed by atoms with E-state index in [9.17, 15) is 0 Å². The van der Waals surface area contributed by atoms with Crippen LogP contribution in [0.5, 0.6) is 0 Å². The van der Waals surface area contributed by atoms with Crippen molar-refractivity contribution in [2.75, 3.05) is 0 Å². The molecule has 290 valence electrons. The molecule has 0 saturated heterocycles. The molecule has 3 nitrogen and oxygen atoms in total. The molecule has 12 rings (SSSR count). The van der Waals surface area contributed by atoms with Crippen LogP contribution in [0.4, 0.5) is 0 Å². The standard InChI is InChI=1S/C58H37N3S/c1-4-16-38(17-5-1)39-30-32-40(33-31-39)55-59-56(43-19-14-18-41(36-43)42-34-35-53-49(37-42)46-24-11-13-29-52(46)62-53)61-57(60-55)48-26-15-28-51-54(48)47-25-10-12-27-50(47)58(51,44-20-6-2-7-21-44)45-22-8-3-9-23-45/h1-37H. The van der Waals surface area contributed by atoms with Crippen molar-refractivity contribution in [3.63, 3.8) is 0 Å². The summed E-state index contributed by atoms with van der Waals surface area (Å²) >= 11 is 1.84. The minimum Gasteiger partial charge on any atom is -0.208 e. The van der Waals surface area contributed by atoms with Gasteiger partial charge in [-0.1, -0.05) is 200 Å². The van der Waals surface area contributed by atoms with Gasteiger partial charge in [-0.25, -0.2) is 15.0 Å². The number of fused-ring (bicyclic) bond motifs is 6. The van der Waals surface area contributed by atoms with Crippen LogP contribution < -0.4 is 0 Å². The highest BCUT2D eigenvalue weighted by atomic mass is 32.1. The maximum Gasteiger partial charge on any atom is 0.164 e. The van der Waals surface area contributed by atoms with Crippen LogP contribution in [-0.2, 0) is 5.41 Å². The lowest BCUT2D eigenvalue weighted by atomic mass is 9.67. The monoisotopic (exact) mass is 807 g/mol. The van der Waals surface area contributed by atoms with Gasteiger partial charge in [0.15, 0.2) is 17.5 Å². The summed E-state index contributed by atoms with van der Waals surface area (Å²) in [4.78, 5) is 16.0. The zero-order valence-corrected chi connectivity index (χ0v) is 34.4. The summed E-state index contributed by atoms with van der Waals surface area (Å²) in [5.41, 5.74) is 14.1. The molecule has 11 aromatic rings. The number of hydrogen-bond donors (Lipinski definition) is 0. The van der Waals surface area contributed by atoms with Gasteiger partial charge >= 0.3 is 0 Å². The van der Waals surface area contributed by atoms with E-state index in [1.807, 2.05) is 17.4 Å². The second kappa shape index (κ2) is 14.7. The molecule has 0 unspecified atom stereocenters. The predicted molar refractivity (Wildman–Crippen MR) is 257 cm³/mol. The van der Waals surface area contributed by atoms with Gasteiger partial charge in [-0.05, 0) is 79.9 Å². The minimum absolute atomic E-state index is 0.542. The Kier molecular flexibility index (Phi) is 8.58. The minimum atomic E-state index is -0.542. The zero-order valence-electron chi connectivity index (χ0n) is 33.6. The molecule has 9 aromatic carbocycles. The molecule has 4 heteroatoms. The molecule has 0 radical (unpaired) electrons. The molecule has 2 aromatic heterocycles. The van der Waals surface area contributed by atoms with Crippen LogP contribution in [0, 0.1) is 0 Å². The molecule has 1 aliphatic carbocycles. The molecule has 0 spiro atoms. The Morgan fingerprint density at radius 2 is 0.806 bits per heavy atom. The first-order chi connectivity index (χ1) is 30.7. The first-order valence-corrected chi connectivity index (χ1v) is 21.8. The lowest BCUT2D eigenvalue weighted by Gasteiger charge is -2.33. The van der Waals surface area contributed by atoms with Gasteiger partial charge in [0.05, 0.1) is 5.41 Å². The van der Waals surface area contributed by atoms with Crippen molar-refractivity contribution < 1.29 is 0 Å². The molecular weight excluding hydrogens is 771 g/mol. The summed E-state index contributed by atoms with van der Waals surface area (Å²) in [6, 6.07) is 80.4. The maximum absolute atomic E-state index is 5.41. The van der Waals surface area contributed by atoms with E-state index in [1.165, 1.54) is 53.6 Å². The summed E-state index contributed by atoms with van der Waals surface area (Å²) in [5, 5.41) is 2.56. The SMILES string of the molecule is c1ccc(-c2ccc(-c3nc(-c4cccc(-c5ccc6sc7ccccc7c6c5)c4)nc(-c4cccc5c4-c4ccccc4C5(c4ccccc4)c4ccccc4)n3)cc2)cc1. The van der Waals surface area contributed by atoms with Crippen molar-refractivity contribution in [3.8, 4) is 67.5 Å². The van der Waals surface area contributed by atoms with E-state index in [4.69, 9.17) is 15.0 Å². The summed E-state index contributed by atoms with van der Waals surface area (Å²) in [7, 11) is 0.